The molecule has 0 aromatic heterocycles. The highest BCUT2D eigenvalue weighted by atomic mass is 16.1. The summed E-state index contributed by atoms with van der Waals surface area (Å²) in [4.78, 5) is 11.2. The molecule has 0 fully saturated rings. The molecule has 62 valence electrons. The fourth-order valence-electron chi connectivity index (χ4n) is 0.964. The van der Waals surface area contributed by atoms with Gasteiger partial charge in [0.15, 0.2) is 0 Å². The lowest BCUT2D eigenvalue weighted by molar-refractivity contribution is 0.0963. The molecule has 0 unspecified atom stereocenters. The molecule has 0 radical (unpaired) electrons. The maximum absolute atomic E-state index is 11.2. The van der Waals surface area contributed by atoms with Crippen molar-refractivity contribution >= 4 is 12.1 Å². The molecular weight excluding hydrogens is 152 g/mol. The van der Waals surface area contributed by atoms with E-state index in [1.807, 2.05) is 0 Å². The first-order chi connectivity index (χ1) is 5.79. The van der Waals surface area contributed by atoms with E-state index in [-0.39, 0.29) is 5.91 Å². The standard InChI is InChI=1S/C9H10N2O/c1-11-9(12)8-5-3-2-4-7(8)6-10/h2-6,10H,1H3,(H,11,12). The third-order valence-electron chi connectivity index (χ3n) is 1.59. The molecule has 0 bridgehead atoms. The monoisotopic (exact) mass is 162 g/mol. The van der Waals surface area contributed by atoms with E-state index < -0.39 is 0 Å². The SMILES string of the molecule is CNC(=O)c1ccccc1C=N. The summed E-state index contributed by atoms with van der Waals surface area (Å²) in [6.07, 6.45) is 1.17. The predicted octanol–water partition coefficient (Wildman–Crippen LogP) is 1.04. The Morgan fingerprint density at radius 3 is 2.75 bits per heavy atom. The van der Waals surface area contributed by atoms with Crippen LogP contribution in [0, 0.1) is 5.41 Å². The number of amides is 1. The second kappa shape index (κ2) is 3.67. The number of hydrogen-bond acceptors (Lipinski definition) is 2. The maximum Gasteiger partial charge on any atom is 0.251 e. The van der Waals surface area contributed by atoms with Crippen molar-refractivity contribution in [2.75, 3.05) is 7.05 Å². The highest BCUT2D eigenvalue weighted by Crippen LogP contribution is 2.04. The van der Waals surface area contributed by atoms with Gasteiger partial charge in [0.05, 0.1) is 0 Å². The number of benzene rings is 1. The van der Waals surface area contributed by atoms with Gasteiger partial charge in [-0.25, -0.2) is 0 Å². The first kappa shape index (κ1) is 8.46. The van der Waals surface area contributed by atoms with Gasteiger partial charge in [-0.1, -0.05) is 18.2 Å². The fourth-order valence-corrected chi connectivity index (χ4v) is 0.964. The van der Waals surface area contributed by atoms with Gasteiger partial charge in [0.2, 0.25) is 0 Å². The van der Waals surface area contributed by atoms with Crippen molar-refractivity contribution in [3.05, 3.63) is 35.4 Å². The quantitative estimate of drug-likeness (QED) is 0.627. The first-order valence-corrected chi connectivity index (χ1v) is 3.61. The summed E-state index contributed by atoms with van der Waals surface area (Å²) in [5, 5.41) is 9.56. The van der Waals surface area contributed by atoms with Gasteiger partial charge in [0.25, 0.3) is 5.91 Å². The van der Waals surface area contributed by atoms with Crippen LogP contribution in [0.3, 0.4) is 0 Å². The van der Waals surface area contributed by atoms with Gasteiger partial charge in [-0.15, -0.1) is 0 Å². The Hall–Kier alpha value is -1.64. The number of rotatable bonds is 2. The summed E-state index contributed by atoms with van der Waals surface area (Å²) in [6, 6.07) is 7.00. The van der Waals surface area contributed by atoms with Gasteiger partial charge in [-0.3, -0.25) is 4.79 Å². The molecule has 0 atom stereocenters. The minimum atomic E-state index is -0.158. The molecule has 0 saturated carbocycles. The average Bonchev–Trinajstić information content (AvgIpc) is 2.16. The van der Waals surface area contributed by atoms with Crippen LogP contribution in [0.5, 0.6) is 0 Å². The Kier molecular flexibility index (Phi) is 2.58. The van der Waals surface area contributed by atoms with Gasteiger partial charge in [-0.05, 0) is 6.07 Å². The summed E-state index contributed by atoms with van der Waals surface area (Å²) < 4.78 is 0. The van der Waals surface area contributed by atoms with E-state index in [1.54, 1.807) is 31.3 Å². The van der Waals surface area contributed by atoms with Crippen molar-refractivity contribution in [2.45, 2.75) is 0 Å². The largest absolute Gasteiger partial charge is 0.355 e. The first-order valence-electron chi connectivity index (χ1n) is 3.61. The van der Waals surface area contributed by atoms with E-state index in [2.05, 4.69) is 5.32 Å². The smallest absolute Gasteiger partial charge is 0.251 e. The van der Waals surface area contributed by atoms with Crippen LogP contribution >= 0.6 is 0 Å². The molecule has 3 heteroatoms. The molecule has 1 aromatic rings. The molecule has 1 amide bonds. The molecule has 0 heterocycles. The number of carbonyl (C=O) groups is 1. The van der Waals surface area contributed by atoms with Crippen LogP contribution in [-0.4, -0.2) is 19.2 Å². The van der Waals surface area contributed by atoms with Crippen molar-refractivity contribution in [3.8, 4) is 0 Å². The van der Waals surface area contributed by atoms with Crippen molar-refractivity contribution in [1.29, 1.82) is 5.41 Å². The minimum absolute atomic E-state index is 0.158. The Labute approximate surface area is 70.9 Å². The summed E-state index contributed by atoms with van der Waals surface area (Å²) in [5.41, 5.74) is 1.17. The van der Waals surface area contributed by atoms with Crippen LogP contribution in [0.15, 0.2) is 24.3 Å². The Morgan fingerprint density at radius 2 is 2.17 bits per heavy atom. The van der Waals surface area contributed by atoms with E-state index in [0.29, 0.717) is 11.1 Å². The fraction of sp³-hybridized carbons (Fsp3) is 0.111. The minimum Gasteiger partial charge on any atom is -0.355 e. The summed E-state index contributed by atoms with van der Waals surface area (Å²) in [7, 11) is 1.57. The number of nitrogens with one attached hydrogen (secondary N) is 2. The Morgan fingerprint density at radius 1 is 1.50 bits per heavy atom. The Bertz CT molecular complexity index is 307. The maximum atomic E-state index is 11.2. The molecule has 0 aliphatic rings. The lowest BCUT2D eigenvalue weighted by Gasteiger charge is -2.01. The van der Waals surface area contributed by atoms with Gasteiger partial charge in [0.1, 0.15) is 0 Å². The van der Waals surface area contributed by atoms with Crippen LogP contribution in [0.1, 0.15) is 15.9 Å². The molecular formula is C9H10N2O. The van der Waals surface area contributed by atoms with E-state index in [1.165, 1.54) is 6.21 Å². The van der Waals surface area contributed by atoms with Gasteiger partial charge in [0, 0.05) is 24.4 Å². The molecule has 2 N–H and O–H groups in total. The van der Waals surface area contributed by atoms with E-state index in [4.69, 9.17) is 5.41 Å². The van der Waals surface area contributed by atoms with Crippen LogP contribution < -0.4 is 5.32 Å². The summed E-state index contributed by atoms with van der Waals surface area (Å²) in [5.74, 6) is -0.158. The summed E-state index contributed by atoms with van der Waals surface area (Å²) in [6.45, 7) is 0. The topological polar surface area (TPSA) is 53.0 Å². The van der Waals surface area contributed by atoms with Gasteiger partial charge < -0.3 is 10.7 Å². The molecule has 0 aliphatic heterocycles. The highest BCUT2D eigenvalue weighted by molar-refractivity contribution is 6.01. The molecule has 1 rings (SSSR count). The highest BCUT2D eigenvalue weighted by Gasteiger charge is 2.05. The summed E-state index contributed by atoms with van der Waals surface area (Å²) >= 11 is 0. The van der Waals surface area contributed by atoms with E-state index in [9.17, 15) is 4.79 Å². The van der Waals surface area contributed by atoms with E-state index in [0.717, 1.165) is 0 Å². The van der Waals surface area contributed by atoms with Gasteiger partial charge >= 0.3 is 0 Å². The zero-order valence-electron chi connectivity index (χ0n) is 6.79. The second-order valence-corrected chi connectivity index (χ2v) is 2.31. The van der Waals surface area contributed by atoms with Crippen molar-refractivity contribution < 1.29 is 4.79 Å². The van der Waals surface area contributed by atoms with Crippen molar-refractivity contribution in [3.63, 3.8) is 0 Å². The van der Waals surface area contributed by atoms with Crippen molar-refractivity contribution in [2.24, 2.45) is 0 Å². The van der Waals surface area contributed by atoms with E-state index >= 15 is 0 Å². The second-order valence-electron chi connectivity index (χ2n) is 2.31. The zero-order chi connectivity index (χ0) is 8.97. The van der Waals surface area contributed by atoms with Crippen molar-refractivity contribution in [1.82, 2.24) is 5.32 Å². The normalized spacial score (nSPS) is 9.08. The molecule has 0 spiro atoms. The van der Waals surface area contributed by atoms with Crippen LogP contribution in [0.4, 0.5) is 0 Å². The lowest BCUT2D eigenvalue weighted by Crippen LogP contribution is -2.19. The molecule has 1 aromatic carbocycles. The molecule has 12 heavy (non-hydrogen) atoms. The van der Waals surface area contributed by atoms with Gasteiger partial charge in [-0.2, -0.15) is 0 Å². The van der Waals surface area contributed by atoms with Crippen LogP contribution in [0.25, 0.3) is 0 Å². The Balaban J connectivity index is 3.13. The molecule has 0 aliphatic carbocycles. The third kappa shape index (κ3) is 1.50. The number of carbonyl (C=O) groups excluding carboxylic acids is 1. The van der Waals surface area contributed by atoms with Crippen LogP contribution in [0.2, 0.25) is 0 Å². The molecule has 3 nitrogen and oxygen atoms in total. The zero-order valence-corrected chi connectivity index (χ0v) is 6.79. The molecule has 0 saturated heterocycles. The lowest BCUT2D eigenvalue weighted by atomic mass is 10.1. The third-order valence-corrected chi connectivity index (χ3v) is 1.59. The van der Waals surface area contributed by atoms with Crippen LogP contribution in [-0.2, 0) is 0 Å². The number of hydrogen-bond donors (Lipinski definition) is 2. The average molecular weight is 162 g/mol. The predicted molar refractivity (Wildman–Crippen MR) is 47.7 cm³/mol.